The summed E-state index contributed by atoms with van der Waals surface area (Å²) in [6.45, 7) is 1.88. The molecule has 0 spiro atoms. The molecule has 0 atom stereocenters. The van der Waals surface area contributed by atoms with E-state index in [1.807, 2.05) is 18.2 Å². The highest BCUT2D eigenvalue weighted by Gasteiger charge is 2.36. The van der Waals surface area contributed by atoms with Crippen LogP contribution in [0.3, 0.4) is 0 Å². The lowest BCUT2D eigenvalue weighted by molar-refractivity contribution is -0.384. The maximum absolute atomic E-state index is 12.9. The Hall–Kier alpha value is -3.92. The largest absolute Gasteiger partial charge is 0.454 e. The molecule has 1 saturated heterocycles. The zero-order chi connectivity index (χ0) is 22.8. The van der Waals surface area contributed by atoms with E-state index in [9.17, 15) is 14.9 Å². The second-order valence-electron chi connectivity index (χ2n) is 8.09. The van der Waals surface area contributed by atoms with E-state index in [1.165, 1.54) is 23.0 Å². The Bertz CT molecular complexity index is 1180. The van der Waals surface area contributed by atoms with Gasteiger partial charge in [-0.15, -0.1) is 0 Å². The minimum Gasteiger partial charge on any atom is -0.454 e. The maximum atomic E-state index is 12.9. The summed E-state index contributed by atoms with van der Waals surface area (Å²) < 4.78 is 18.1. The van der Waals surface area contributed by atoms with Crippen LogP contribution in [0, 0.1) is 10.1 Å². The van der Waals surface area contributed by atoms with Crippen LogP contribution < -0.4 is 14.8 Å². The number of rotatable bonds is 6. The van der Waals surface area contributed by atoms with Crippen LogP contribution in [0.25, 0.3) is 5.69 Å². The van der Waals surface area contributed by atoms with Gasteiger partial charge in [0.2, 0.25) is 6.79 Å². The summed E-state index contributed by atoms with van der Waals surface area (Å²) in [7, 11) is 0. The lowest BCUT2D eigenvalue weighted by atomic mass is 9.74. The van der Waals surface area contributed by atoms with Crippen molar-refractivity contribution in [3.63, 3.8) is 0 Å². The zero-order valence-electron chi connectivity index (χ0n) is 17.7. The van der Waals surface area contributed by atoms with Crippen molar-refractivity contribution in [1.29, 1.82) is 0 Å². The summed E-state index contributed by atoms with van der Waals surface area (Å²) in [5.41, 5.74) is 1.83. The molecule has 1 amide bonds. The van der Waals surface area contributed by atoms with Gasteiger partial charge in [0.25, 0.3) is 11.6 Å². The third-order valence-electron chi connectivity index (χ3n) is 6.19. The molecule has 0 aliphatic carbocycles. The van der Waals surface area contributed by atoms with E-state index in [1.54, 1.807) is 18.3 Å². The number of hydrogen-bond acceptors (Lipinski definition) is 7. The quantitative estimate of drug-likeness (QED) is 0.453. The number of ether oxygens (including phenoxy) is 3. The third-order valence-corrected chi connectivity index (χ3v) is 6.19. The van der Waals surface area contributed by atoms with Crippen molar-refractivity contribution in [2.75, 3.05) is 26.6 Å². The van der Waals surface area contributed by atoms with Crippen LogP contribution >= 0.6 is 0 Å². The lowest BCUT2D eigenvalue weighted by Gasteiger charge is -2.38. The molecule has 0 bridgehead atoms. The number of nitrogens with one attached hydrogen (secondary N) is 1. The molecule has 2 aromatic carbocycles. The molecule has 5 rings (SSSR count). The monoisotopic (exact) mass is 450 g/mol. The van der Waals surface area contributed by atoms with Crippen LogP contribution in [0.2, 0.25) is 0 Å². The first-order valence-corrected chi connectivity index (χ1v) is 10.6. The second kappa shape index (κ2) is 8.55. The number of carbonyl (C=O) groups is 1. The number of nitro benzene ring substituents is 1. The zero-order valence-corrected chi connectivity index (χ0v) is 17.7. The lowest BCUT2D eigenvalue weighted by Crippen LogP contribution is -2.44. The van der Waals surface area contributed by atoms with Gasteiger partial charge in [0, 0.05) is 43.5 Å². The fraction of sp³-hybridized carbons (Fsp3) is 0.304. The SMILES string of the molecule is O=C(NCC1(c2ccc3c(c2)OCO3)CCOCC1)c1cnn(-c2ccc([N+](=O)[O-])cc2)c1. The highest BCUT2D eigenvalue weighted by molar-refractivity contribution is 5.93. The van der Waals surface area contributed by atoms with Gasteiger partial charge in [0.1, 0.15) is 0 Å². The Labute approximate surface area is 189 Å². The van der Waals surface area contributed by atoms with Crippen molar-refractivity contribution in [3.05, 3.63) is 76.1 Å². The van der Waals surface area contributed by atoms with Crippen LogP contribution in [-0.4, -0.2) is 47.2 Å². The number of benzene rings is 2. The molecule has 1 N–H and O–H groups in total. The van der Waals surface area contributed by atoms with Gasteiger partial charge in [-0.1, -0.05) is 6.07 Å². The van der Waals surface area contributed by atoms with E-state index in [2.05, 4.69) is 10.4 Å². The smallest absolute Gasteiger partial charge is 0.269 e. The minimum atomic E-state index is -0.460. The molecule has 2 aliphatic heterocycles. The standard InChI is InChI=1S/C23H22N4O6/c28-22(16-12-25-26(13-16)18-2-4-19(5-3-18)27(29)30)24-14-23(7-9-31-10-8-23)17-1-6-20-21(11-17)33-15-32-20/h1-6,11-13H,7-10,14-15H2,(H,24,28). The van der Waals surface area contributed by atoms with Gasteiger partial charge in [-0.05, 0) is 42.7 Å². The van der Waals surface area contributed by atoms with Crippen LogP contribution in [0.1, 0.15) is 28.8 Å². The number of nitrogens with zero attached hydrogens (tertiary/aromatic N) is 3. The number of non-ortho nitro benzene ring substituents is 1. The van der Waals surface area contributed by atoms with Crippen molar-refractivity contribution in [3.8, 4) is 17.2 Å². The number of hydrogen-bond donors (Lipinski definition) is 1. The Kier molecular flexibility index (Phi) is 5.43. The van der Waals surface area contributed by atoms with Crippen molar-refractivity contribution >= 4 is 11.6 Å². The van der Waals surface area contributed by atoms with E-state index in [0.29, 0.717) is 36.8 Å². The van der Waals surface area contributed by atoms with Gasteiger partial charge >= 0.3 is 0 Å². The fourth-order valence-electron chi connectivity index (χ4n) is 4.22. The molecule has 10 heteroatoms. The van der Waals surface area contributed by atoms with Crippen LogP contribution in [-0.2, 0) is 10.2 Å². The van der Waals surface area contributed by atoms with Crippen molar-refractivity contribution < 1.29 is 23.9 Å². The van der Waals surface area contributed by atoms with Crippen LogP contribution in [0.15, 0.2) is 54.9 Å². The predicted octanol–water partition coefficient (Wildman–Crippen LogP) is 2.99. The molecular formula is C23H22N4O6. The maximum Gasteiger partial charge on any atom is 0.269 e. The van der Waals surface area contributed by atoms with E-state index in [0.717, 1.165) is 24.2 Å². The van der Waals surface area contributed by atoms with E-state index in [4.69, 9.17) is 14.2 Å². The van der Waals surface area contributed by atoms with Gasteiger partial charge in [-0.2, -0.15) is 5.10 Å². The molecule has 33 heavy (non-hydrogen) atoms. The summed E-state index contributed by atoms with van der Waals surface area (Å²) in [5, 5.41) is 18.1. The van der Waals surface area contributed by atoms with E-state index < -0.39 is 4.92 Å². The number of carbonyl (C=O) groups excluding carboxylic acids is 1. The molecule has 0 radical (unpaired) electrons. The first kappa shape index (κ1) is 21.0. The van der Waals surface area contributed by atoms with Crippen LogP contribution in [0.5, 0.6) is 11.5 Å². The molecule has 2 aliphatic rings. The molecular weight excluding hydrogens is 428 g/mol. The number of fused-ring (bicyclic) bond motifs is 1. The summed E-state index contributed by atoms with van der Waals surface area (Å²) in [6.07, 6.45) is 4.63. The summed E-state index contributed by atoms with van der Waals surface area (Å²) in [5.74, 6) is 1.20. The Balaban J connectivity index is 1.31. The summed E-state index contributed by atoms with van der Waals surface area (Å²) in [4.78, 5) is 23.3. The average molecular weight is 450 g/mol. The van der Waals surface area contributed by atoms with E-state index >= 15 is 0 Å². The van der Waals surface area contributed by atoms with Gasteiger partial charge in [0.05, 0.1) is 22.4 Å². The Morgan fingerprint density at radius 1 is 1.12 bits per heavy atom. The number of nitro groups is 1. The minimum absolute atomic E-state index is 0.00542. The average Bonchev–Trinajstić information content (AvgIpc) is 3.53. The molecule has 1 fully saturated rings. The van der Waals surface area contributed by atoms with E-state index in [-0.39, 0.29) is 23.8 Å². The topological polar surface area (TPSA) is 118 Å². The molecule has 0 unspecified atom stereocenters. The molecule has 3 aromatic rings. The molecule has 1 aromatic heterocycles. The van der Waals surface area contributed by atoms with Gasteiger partial charge < -0.3 is 19.5 Å². The molecule has 0 saturated carbocycles. The molecule has 170 valence electrons. The number of amides is 1. The normalized spacial score (nSPS) is 16.4. The van der Waals surface area contributed by atoms with Crippen molar-refractivity contribution in [2.24, 2.45) is 0 Å². The fourth-order valence-corrected chi connectivity index (χ4v) is 4.22. The molecule has 3 heterocycles. The predicted molar refractivity (Wildman–Crippen MR) is 117 cm³/mol. The Morgan fingerprint density at radius 3 is 2.64 bits per heavy atom. The third kappa shape index (κ3) is 4.12. The van der Waals surface area contributed by atoms with Crippen molar-refractivity contribution in [2.45, 2.75) is 18.3 Å². The summed E-state index contributed by atoms with van der Waals surface area (Å²) in [6, 6.07) is 11.9. The van der Waals surface area contributed by atoms with Gasteiger partial charge in [-0.3, -0.25) is 14.9 Å². The first-order chi connectivity index (χ1) is 16.0. The number of aromatic nitrogens is 2. The first-order valence-electron chi connectivity index (χ1n) is 10.6. The van der Waals surface area contributed by atoms with Gasteiger partial charge in [-0.25, -0.2) is 4.68 Å². The van der Waals surface area contributed by atoms with Crippen molar-refractivity contribution in [1.82, 2.24) is 15.1 Å². The summed E-state index contributed by atoms with van der Waals surface area (Å²) >= 11 is 0. The van der Waals surface area contributed by atoms with Gasteiger partial charge in [0.15, 0.2) is 11.5 Å². The Morgan fingerprint density at radius 2 is 1.88 bits per heavy atom. The molecule has 10 nitrogen and oxygen atoms in total. The highest BCUT2D eigenvalue weighted by Crippen LogP contribution is 2.40. The van der Waals surface area contributed by atoms with Crippen LogP contribution in [0.4, 0.5) is 5.69 Å². The second-order valence-corrected chi connectivity index (χ2v) is 8.09. The highest BCUT2D eigenvalue weighted by atomic mass is 16.7.